The van der Waals surface area contributed by atoms with Crippen molar-refractivity contribution >= 4 is 17.5 Å². The maximum absolute atomic E-state index is 13.0. The Morgan fingerprint density at radius 1 is 1.58 bits per heavy atom. The molecule has 3 N–H and O–H groups in total. The second-order valence-corrected chi connectivity index (χ2v) is 4.45. The van der Waals surface area contributed by atoms with Crippen molar-refractivity contribution in [1.82, 2.24) is 10.2 Å². The highest BCUT2D eigenvalue weighted by molar-refractivity contribution is 6.01. The number of nitrogens with one attached hydrogen (secondary N) is 1. The van der Waals surface area contributed by atoms with E-state index < -0.39 is 11.9 Å². The first-order chi connectivity index (χ1) is 9.04. The number of hydrogen-bond acceptors (Lipinski definition) is 3. The first-order valence-corrected chi connectivity index (χ1v) is 6.18. The van der Waals surface area contributed by atoms with Crippen LogP contribution in [0.15, 0.2) is 18.2 Å². The molecule has 0 aromatic heterocycles. The van der Waals surface area contributed by atoms with Gasteiger partial charge in [0.2, 0.25) is 5.91 Å². The van der Waals surface area contributed by atoms with Crippen molar-refractivity contribution in [2.45, 2.75) is 19.4 Å². The number of carbonyl (C=O) groups excluding carboxylic acids is 2. The smallest absolute Gasteiger partial charge is 0.256 e. The molecule has 0 spiro atoms. The molecule has 1 atom stereocenters. The third-order valence-electron chi connectivity index (χ3n) is 3.22. The molecule has 0 aliphatic carbocycles. The Balaban J connectivity index is 2.29. The van der Waals surface area contributed by atoms with E-state index in [0.29, 0.717) is 19.5 Å². The summed E-state index contributed by atoms with van der Waals surface area (Å²) in [5.74, 6) is -0.987. The zero-order valence-electron chi connectivity index (χ0n) is 10.6. The van der Waals surface area contributed by atoms with Crippen molar-refractivity contribution in [1.29, 1.82) is 0 Å². The van der Waals surface area contributed by atoms with Crippen LogP contribution < -0.4 is 11.1 Å². The van der Waals surface area contributed by atoms with Crippen molar-refractivity contribution in [3.05, 3.63) is 29.6 Å². The molecule has 1 unspecified atom stereocenters. The van der Waals surface area contributed by atoms with Crippen LogP contribution in [0.5, 0.6) is 0 Å². The SMILES string of the molecule is CCC1C(=O)NCCN1C(=O)c1ccc(F)cc1N. The van der Waals surface area contributed by atoms with Crippen molar-refractivity contribution in [2.75, 3.05) is 18.8 Å². The summed E-state index contributed by atoms with van der Waals surface area (Å²) in [4.78, 5) is 25.6. The molecule has 1 aliphatic rings. The Labute approximate surface area is 110 Å². The van der Waals surface area contributed by atoms with E-state index in [4.69, 9.17) is 5.73 Å². The number of amides is 2. The average Bonchev–Trinajstić information content (AvgIpc) is 2.37. The number of halogens is 1. The molecule has 5 nitrogen and oxygen atoms in total. The fraction of sp³-hybridized carbons (Fsp3) is 0.385. The molecule has 1 fully saturated rings. The topological polar surface area (TPSA) is 75.4 Å². The average molecular weight is 265 g/mol. The number of rotatable bonds is 2. The molecule has 0 saturated carbocycles. The number of piperazine rings is 1. The molecule has 1 aliphatic heterocycles. The van der Waals surface area contributed by atoms with E-state index in [1.807, 2.05) is 6.92 Å². The van der Waals surface area contributed by atoms with Gasteiger partial charge in [-0.15, -0.1) is 0 Å². The Morgan fingerprint density at radius 3 is 2.95 bits per heavy atom. The van der Waals surface area contributed by atoms with E-state index in [-0.39, 0.29) is 23.1 Å². The summed E-state index contributed by atoms with van der Waals surface area (Å²) in [6.07, 6.45) is 0.526. The van der Waals surface area contributed by atoms with E-state index in [2.05, 4.69) is 5.32 Å². The van der Waals surface area contributed by atoms with E-state index in [9.17, 15) is 14.0 Å². The highest BCUT2D eigenvalue weighted by Gasteiger charge is 2.32. The number of nitrogens with zero attached hydrogens (tertiary/aromatic N) is 1. The molecule has 1 aromatic rings. The van der Waals surface area contributed by atoms with Gasteiger partial charge < -0.3 is 16.0 Å². The minimum absolute atomic E-state index is 0.0887. The molecular weight excluding hydrogens is 249 g/mol. The van der Waals surface area contributed by atoms with Gasteiger partial charge in [0.25, 0.3) is 5.91 Å². The summed E-state index contributed by atoms with van der Waals surface area (Å²) in [5, 5.41) is 2.72. The Hall–Kier alpha value is -2.11. The van der Waals surface area contributed by atoms with Gasteiger partial charge >= 0.3 is 0 Å². The van der Waals surface area contributed by atoms with Gasteiger partial charge in [-0.1, -0.05) is 6.92 Å². The monoisotopic (exact) mass is 265 g/mol. The molecule has 2 amide bonds. The number of benzene rings is 1. The van der Waals surface area contributed by atoms with Crippen LogP contribution in [0.25, 0.3) is 0 Å². The molecule has 0 bridgehead atoms. The molecule has 1 aromatic carbocycles. The first-order valence-electron chi connectivity index (χ1n) is 6.18. The van der Waals surface area contributed by atoms with Gasteiger partial charge in [0.05, 0.1) is 5.56 Å². The highest BCUT2D eigenvalue weighted by Crippen LogP contribution is 2.19. The number of nitrogen functional groups attached to an aromatic ring is 1. The van der Waals surface area contributed by atoms with Gasteiger partial charge in [-0.2, -0.15) is 0 Å². The van der Waals surface area contributed by atoms with Gasteiger partial charge in [0.15, 0.2) is 0 Å². The van der Waals surface area contributed by atoms with Crippen LogP contribution in [0.4, 0.5) is 10.1 Å². The molecule has 102 valence electrons. The van der Waals surface area contributed by atoms with E-state index in [1.165, 1.54) is 17.0 Å². The van der Waals surface area contributed by atoms with Gasteiger partial charge in [0, 0.05) is 18.8 Å². The van der Waals surface area contributed by atoms with E-state index >= 15 is 0 Å². The van der Waals surface area contributed by atoms with Crippen LogP contribution in [0, 0.1) is 5.82 Å². The Morgan fingerprint density at radius 2 is 2.32 bits per heavy atom. The Kier molecular flexibility index (Phi) is 3.69. The van der Waals surface area contributed by atoms with E-state index in [0.717, 1.165) is 6.07 Å². The van der Waals surface area contributed by atoms with Crippen LogP contribution >= 0.6 is 0 Å². The lowest BCUT2D eigenvalue weighted by Crippen LogP contribution is -2.57. The fourth-order valence-corrected chi connectivity index (χ4v) is 2.25. The quantitative estimate of drug-likeness (QED) is 0.775. The van der Waals surface area contributed by atoms with Gasteiger partial charge in [-0.3, -0.25) is 9.59 Å². The predicted octanol–water partition coefficient (Wildman–Crippen LogP) is 0.758. The van der Waals surface area contributed by atoms with Gasteiger partial charge in [-0.05, 0) is 24.6 Å². The second-order valence-electron chi connectivity index (χ2n) is 4.45. The Bertz CT molecular complexity index is 519. The summed E-state index contributed by atoms with van der Waals surface area (Å²) >= 11 is 0. The summed E-state index contributed by atoms with van der Waals surface area (Å²) in [6, 6.07) is 3.16. The fourth-order valence-electron chi connectivity index (χ4n) is 2.25. The second kappa shape index (κ2) is 5.26. The number of hydrogen-bond donors (Lipinski definition) is 2. The number of anilines is 1. The van der Waals surface area contributed by atoms with Crippen LogP contribution in [-0.2, 0) is 4.79 Å². The van der Waals surface area contributed by atoms with Crippen molar-refractivity contribution < 1.29 is 14.0 Å². The van der Waals surface area contributed by atoms with Crippen molar-refractivity contribution in [2.24, 2.45) is 0 Å². The van der Waals surface area contributed by atoms with Crippen LogP contribution in [0.3, 0.4) is 0 Å². The van der Waals surface area contributed by atoms with Crippen LogP contribution in [0.2, 0.25) is 0 Å². The molecular formula is C13H16FN3O2. The van der Waals surface area contributed by atoms with Crippen LogP contribution in [0.1, 0.15) is 23.7 Å². The molecule has 19 heavy (non-hydrogen) atoms. The van der Waals surface area contributed by atoms with Crippen LogP contribution in [-0.4, -0.2) is 35.8 Å². The summed E-state index contributed by atoms with van der Waals surface area (Å²) in [6.45, 7) is 2.69. The predicted molar refractivity (Wildman–Crippen MR) is 68.9 cm³/mol. The highest BCUT2D eigenvalue weighted by atomic mass is 19.1. The maximum atomic E-state index is 13.0. The standard InChI is InChI=1S/C13H16FN3O2/c1-2-11-12(18)16-5-6-17(11)13(19)9-4-3-8(14)7-10(9)15/h3-4,7,11H,2,5-6,15H2,1H3,(H,16,18). The summed E-state index contributed by atoms with van der Waals surface area (Å²) < 4.78 is 13.0. The van der Waals surface area contributed by atoms with E-state index in [1.54, 1.807) is 0 Å². The van der Waals surface area contributed by atoms with Crippen molar-refractivity contribution in [3.63, 3.8) is 0 Å². The lowest BCUT2D eigenvalue weighted by Gasteiger charge is -2.34. The van der Waals surface area contributed by atoms with Crippen molar-refractivity contribution in [3.8, 4) is 0 Å². The zero-order valence-corrected chi connectivity index (χ0v) is 10.6. The van der Waals surface area contributed by atoms with Gasteiger partial charge in [-0.25, -0.2) is 4.39 Å². The maximum Gasteiger partial charge on any atom is 0.256 e. The lowest BCUT2D eigenvalue weighted by atomic mass is 10.1. The normalized spacial score (nSPS) is 19.2. The third kappa shape index (κ3) is 2.52. The zero-order chi connectivity index (χ0) is 14.0. The van der Waals surface area contributed by atoms with Gasteiger partial charge in [0.1, 0.15) is 11.9 Å². The summed E-state index contributed by atoms with van der Waals surface area (Å²) in [7, 11) is 0. The first kappa shape index (κ1) is 13.3. The molecule has 1 heterocycles. The molecule has 0 radical (unpaired) electrons. The lowest BCUT2D eigenvalue weighted by molar-refractivity contribution is -0.127. The largest absolute Gasteiger partial charge is 0.398 e. The minimum Gasteiger partial charge on any atom is -0.398 e. The summed E-state index contributed by atoms with van der Waals surface area (Å²) in [5.41, 5.74) is 5.98. The molecule has 2 rings (SSSR count). The minimum atomic E-state index is -0.495. The molecule has 1 saturated heterocycles. The number of nitrogens with two attached hydrogens (primary N) is 1. The third-order valence-corrected chi connectivity index (χ3v) is 3.22. The molecule has 6 heteroatoms. The number of carbonyl (C=O) groups is 2.